The summed E-state index contributed by atoms with van der Waals surface area (Å²) in [5.74, 6) is 0.00741. The van der Waals surface area contributed by atoms with E-state index in [4.69, 9.17) is 5.26 Å². The zero-order chi connectivity index (χ0) is 9.84. The second-order valence-corrected chi connectivity index (χ2v) is 2.42. The number of carbonyl (C=O) groups excluding carboxylic acids is 1. The highest BCUT2D eigenvalue weighted by Crippen LogP contribution is 2.29. The van der Waals surface area contributed by atoms with Crippen LogP contribution in [-0.4, -0.2) is 11.2 Å². The second kappa shape index (κ2) is 3.53. The van der Waals surface area contributed by atoms with Gasteiger partial charge in [0.2, 0.25) is 6.08 Å². The molecule has 1 aromatic carbocycles. The summed E-state index contributed by atoms with van der Waals surface area (Å²) in [5, 5.41) is 17.9. The molecule has 0 spiro atoms. The molecule has 0 heterocycles. The van der Waals surface area contributed by atoms with Crippen LogP contribution in [0.5, 0.6) is 5.75 Å². The van der Waals surface area contributed by atoms with Crippen LogP contribution in [0.25, 0.3) is 0 Å². The fourth-order valence-corrected chi connectivity index (χ4v) is 0.969. The second-order valence-electron chi connectivity index (χ2n) is 2.42. The van der Waals surface area contributed by atoms with E-state index in [9.17, 15) is 9.90 Å². The van der Waals surface area contributed by atoms with E-state index in [0.717, 1.165) is 0 Å². The van der Waals surface area contributed by atoms with E-state index >= 15 is 0 Å². The molecule has 13 heavy (non-hydrogen) atoms. The quantitative estimate of drug-likeness (QED) is 0.518. The van der Waals surface area contributed by atoms with Gasteiger partial charge in [0.15, 0.2) is 0 Å². The smallest absolute Gasteiger partial charge is 0.240 e. The van der Waals surface area contributed by atoms with E-state index < -0.39 is 0 Å². The molecule has 0 atom stereocenters. The third kappa shape index (κ3) is 1.56. The van der Waals surface area contributed by atoms with Crippen LogP contribution in [0.15, 0.2) is 17.1 Å². The normalized spacial score (nSPS) is 8.62. The Labute approximate surface area is 74.8 Å². The molecule has 64 valence electrons. The molecule has 1 aromatic rings. The summed E-state index contributed by atoms with van der Waals surface area (Å²) in [6.45, 7) is 1.58. The van der Waals surface area contributed by atoms with Crippen molar-refractivity contribution in [3.63, 3.8) is 0 Å². The number of rotatable bonds is 1. The molecular formula is C9H6N2O2. The van der Waals surface area contributed by atoms with Gasteiger partial charge < -0.3 is 5.11 Å². The summed E-state index contributed by atoms with van der Waals surface area (Å²) in [4.78, 5) is 13.4. The van der Waals surface area contributed by atoms with Crippen molar-refractivity contribution in [1.82, 2.24) is 0 Å². The van der Waals surface area contributed by atoms with Gasteiger partial charge in [0.1, 0.15) is 17.5 Å². The minimum atomic E-state index is 0.00741. The lowest BCUT2D eigenvalue weighted by atomic mass is 10.1. The van der Waals surface area contributed by atoms with Crippen molar-refractivity contribution in [1.29, 1.82) is 5.26 Å². The van der Waals surface area contributed by atoms with Crippen LogP contribution in [-0.2, 0) is 4.79 Å². The molecule has 0 unspecified atom stereocenters. The molecular weight excluding hydrogens is 168 g/mol. The number of nitrogens with zero attached hydrogens (tertiary/aromatic N) is 2. The summed E-state index contributed by atoms with van der Waals surface area (Å²) in [5.41, 5.74) is 0.832. The van der Waals surface area contributed by atoms with Gasteiger partial charge in [-0.15, -0.1) is 0 Å². The maximum Gasteiger partial charge on any atom is 0.240 e. The van der Waals surface area contributed by atoms with Gasteiger partial charge in [-0.1, -0.05) is 0 Å². The van der Waals surface area contributed by atoms with Crippen molar-refractivity contribution in [2.75, 3.05) is 0 Å². The van der Waals surface area contributed by atoms with E-state index in [1.165, 1.54) is 18.2 Å². The molecule has 0 radical (unpaired) electrons. The minimum Gasteiger partial charge on any atom is -0.508 e. The average Bonchev–Trinajstić information content (AvgIpc) is 2.14. The van der Waals surface area contributed by atoms with Gasteiger partial charge in [-0.25, -0.2) is 4.79 Å². The molecule has 0 aromatic heterocycles. The summed E-state index contributed by atoms with van der Waals surface area (Å²) < 4.78 is 0. The number of phenolic OH excluding ortho intramolecular Hbond substituents is 1. The fourth-order valence-electron chi connectivity index (χ4n) is 0.969. The van der Waals surface area contributed by atoms with Crippen LogP contribution in [0.1, 0.15) is 11.1 Å². The SMILES string of the molecule is Cc1c(O)ccc(C#N)c1N=C=O. The van der Waals surface area contributed by atoms with Gasteiger partial charge in [-0.05, 0) is 19.1 Å². The van der Waals surface area contributed by atoms with Crippen LogP contribution in [0, 0.1) is 18.3 Å². The lowest BCUT2D eigenvalue weighted by molar-refractivity contribution is 0.471. The third-order valence-electron chi connectivity index (χ3n) is 1.68. The molecule has 0 fully saturated rings. The van der Waals surface area contributed by atoms with Crippen molar-refractivity contribution in [3.05, 3.63) is 23.3 Å². The molecule has 0 bridgehead atoms. The van der Waals surface area contributed by atoms with Crippen LogP contribution in [0.4, 0.5) is 5.69 Å². The van der Waals surface area contributed by atoms with Crippen molar-refractivity contribution in [3.8, 4) is 11.8 Å². The molecule has 4 nitrogen and oxygen atoms in total. The first-order valence-corrected chi connectivity index (χ1v) is 3.51. The number of aromatic hydroxyl groups is 1. The molecule has 1 N–H and O–H groups in total. The zero-order valence-corrected chi connectivity index (χ0v) is 6.90. The Hall–Kier alpha value is -2.11. The molecule has 4 heteroatoms. The van der Waals surface area contributed by atoms with Crippen LogP contribution in [0.3, 0.4) is 0 Å². The first-order valence-electron chi connectivity index (χ1n) is 3.51. The molecule has 0 amide bonds. The van der Waals surface area contributed by atoms with Crippen molar-refractivity contribution in [2.24, 2.45) is 4.99 Å². The fraction of sp³-hybridized carbons (Fsp3) is 0.111. The third-order valence-corrected chi connectivity index (χ3v) is 1.68. The highest BCUT2D eigenvalue weighted by Gasteiger charge is 2.07. The maximum atomic E-state index is 10.0. The number of hydrogen-bond acceptors (Lipinski definition) is 4. The van der Waals surface area contributed by atoms with E-state index in [-0.39, 0.29) is 17.0 Å². The number of hydrogen-bond donors (Lipinski definition) is 1. The van der Waals surface area contributed by atoms with Crippen molar-refractivity contribution in [2.45, 2.75) is 6.92 Å². The highest BCUT2D eigenvalue weighted by molar-refractivity contribution is 5.65. The van der Waals surface area contributed by atoms with Gasteiger partial charge in [0.05, 0.1) is 5.56 Å². The predicted octanol–water partition coefficient (Wildman–Crippen LogP) is 1.54. The molecule has 1 rings (SSSR count). The average molecular weight is 174 g/mol. The number of isocyanates is 1. The number of phenols is 1. The van der Waals surface area contributed by atoms with E-state index in [0.29, 0.717) is 5.56 Å². The first kappa shape index (κ1) is 8.98. The summed E-state index contributed by atoms with van der Waals surface area (Å²) in [6.07, 6.45) is 1.34. The number of benzene rings is 1. The summed E-state index contributed by atoms with van der Waals surface area (Å²) >= 11 is 0. The van der Waals surface area contributed by atoms with Gasteiger partial charge >= 0.3 is 0 Å². The van der Waals surface area contributed by atoms with Crippen LogP contribution >= 0.6 is 0 Å². The first-order chi connectivity index (χ1) is 6.20. The largest absolute Gasteiger partial charge is 0.508 e. The van der Waals surface area contributed by atoms with Gasteiger partial charge in [0.25, 0.3) is 0 Å². The minimum absolute atomic E-state index is 0.00741. The maximum absolute atomic E-state index is 10.0. The number of aliphatic imine (C=N–C) groups is 1. The monoisotopic (exact) mass is 174 g/mol. The summed E-state index contributed by atoms with van der Waals surface area (Å²) in [7, 11) is 0. The highest BCUT2D eigenvalue weighted by atomic mass is 16.3. The Morgan fingerprint density at radius 1 is 1.54 bits per heavy atom. The Morgan fingerprint density at radius 2 is 2.23 bits per heavy atom. The topological polar surface area (TPSA) is 73.4 Å². The van der Waals surface area contributed by atoms with Gasteiger partial charge in [-0.3, -0.25) is 0 Å². The van der Waals surface area contributed by atoms with Crippen molar-refractivity contribution >= 4 is 11.8 Å². The molecule has 0 saturated heterocycles. The Bertz CT molecular complexity index is 426. The molecule has 0 saturated carbocycles. The standard InChI is InChI=1S/C9H6N2O2/c1-6-8(13)3-2-7(4-10)9(6)11-5-12/h2-3,13H,1H3. The van der Waals surface area contributed by atoms with Crippen LogP contribution < -0.4 is 0 Å². The van der Waals surface area contributed by atoms with E-state index in [1.54, 1.807) is 6.92 Å². The van der Waals surface area contributed by atoms with Gasteiger partial charge in [-0.2, -0.15) is 10.3 Å². The van der Waals surface area contributed by atoms with E-state index in [2.05, 4.69) is 4.99 Å². The van der Waals surface area contributed by atoms with Crippen molar-refractivity contribution < 1.29 is 9.90 Å². The zero-order valence-electron chi connectivity index (χ0n) is 6.90. The lowest BCUT2D eigenvalue weighted by Crippen LogP contribution is -1.82. The Kier molecular flexibility index (Phi) is 2.44. The summed E-state index contributed by atoms with van der Waals surface area (Å²) in [6, 6.07) is 4.65. The number of nitriles is 1. The lowest BCUT2D eigenvalue weighted by Gasteiger charge is -2.02. The molecule has 0 aliphatic heterocycles. The molecule has 0 aliphatic rings. The Morgan fingerprint density at radius 3 is 2.77 bits per heavy atom. The van der Waals surface area contributed by atoms with Gasteiger partial charge in [0, 0.05) is 5.56 Å². The Balaban J connectivity index is 3.52. The molecule has 0 aliphatic carbocycles. The van der Waals surface area contributed by atoms with Crippen LogP contribution in [0.2, 0.25) is 0 Å². The van der Waals surface area contributed by atoms with E-state index in [1.807, 2.05) is 6.07 Å². The predicted molar refractivity (Wildman–Crippen MR) is 45.3 cm³/mol.